The minimum atomic E-state index is 0. The Morgan fingerprint density at radius 3 is 2.58 bits per heavy atom. The van der Waals surface area contributed by atoms with Crippen LogP contribution in [0.3, 0.4) is 0 Å². The normalized spacial score (nSPS) is 8.67. The zero-order valence-corrected chi connectivity index (χ0v) is 11.0. The van der Waals surface area contributed by atoms with Crippen LogP contribution in [0.4, 0.5) is 0 Å². The zero-order valence-electron chi connectivity index (χ0n) is 6.43. The molecule has 0 amide bonds. The van der Waals surface area contributed by atoms with Crippen LogP contribution in [-0.4, -0.2) is 34.5 Å². The van der Waals surface area contributed by atoms with Gasteiger partial charge in [0.15, 0.2) is 3.95 Å². The van der Waals surface area contributed by atoms with Crippen molar-refractivity contribution >= 4 is 63.3 Å². The topological polar surface area (TPSA) is 15.8 Å². The van der Waals surface area contributed by atoms with Crippen LogP contribution in [0.2, 0.25) is 0 Å². The van der Waals surface area contributed by atoms with E-state index < -0.39 is 0 Å². The molecule has 0 aliphatic heterocycles. The summed E-state index contributed by atoms with van der Waals surface area (Å²) in [7, 11) is 0. The average molecular weight is 254 g/mol. The summed E-state index contributed by atoms with van der Waals surface area (Å²) in [6.45, 7) is 0. The maximum atomic E-state index is 4.98. The smallest absolute Gasteiger partial charge is 0.159 e. The molecule has 0 saturated carbocycles. The first kappa shape index (κ1) is 12.8. The summed E-state index contributed by atoms with van der Waals surface area (Å²) in [5.41, 5.74) is 1.14. The first-order valence-corrected chi connectivity index (χ1v) is 4.16. The van der Waals surface area contributed by atoms with Gasteiger partial charge in [0.25, 0.3) is 0 Å². The van der Waals surface area contributed by atoms with Gasteiger partial charge in [-0.25, -0.2) is 0 Å². The first-order chi connectivity index (χ1) is 4.86. The molecule has 0 atom stereocenters. The summed E-state index contributed by atoms with van der Waals surface area (Å²) in [6.07, 6.45) is 0. The Labute approximate surface area is 112 Å². The molecule has 1 aromatic heterocycles. The van der Waals surface area contributed by atoms with E-state index in [9.17, 15) is 0 Å². The average Bonchev–Trinajstić information content (AvgIpc) is 2.27. The van der Waals surface area contributed by atoms with Crippen LogP contribution < -0.4 is 0 Å². The van der Waals surface area contributed by atoms with Crippen molar-refractivity contribution in [3.05, 3.63) is 28.2 Å². The molecule has 2 radical (unpaired) electrons. The summed E-state index contributed by atoms with van der Waals surface area (Å²) in [6, 6.07) is 8.11. The number of para-hydroxylation sites is 1. The first-order valence-electron chi connectivity index (χ1n) is 2.94. The van der Waals surface area contributed by atoms with Gasteiger partial charge in [-0.3, -0.25) is 0 Å². The number of hydrogen-bond acceptors (Lipinski definition) is 2. The molecule has 1 aromatic carbocycles. The van der Waals surface area contributed by atoms with Gasteiger partial charge in [0.2, 0.25) is 0 Å². The predicted octanol–water partition coefficient (Wildman–Crippen LogP) is 2.58. The van der Waals surface area contributed by atoms with Crippen molar-refractivity contribution in [1.29, 1.82) is 0 Å². The molecule has 62 valence electrons. The Morgan fingerprint density at radius 2 is 1.92 bits per heavy atom. The van der Waals surface area contributed by atoms with Gasteiger partial charge in [0.05, 0.1) is 10.2 Å². The standard InChI is InChI=1S/C7H5NS2.Cu.Na/c9-7-8-5-3-1-2-4-6(5)10-7;;/h1-4H,(H,8,9);;. The van der Waals surface area contributed by atoms with E-state index in [0.29, 0.717) is 0 Å². The van der Waals surface area contributed by atoms with Crippen molar-refractivity contribution in [2.45, 2.75) is 0 Å². The van der Waals surface area contributed by atoms with Crippen molar-refractivity contribution in [2.24, 2.45) is 0 Å². The van der Waals surface area contributed by atoms with Crippen LogP contribution in [0.1, 0.15) is 0 Å². The van der Waals surface area contributed by atoms with Crippen LogP contribution >= 0.6 is 23.6 Å². The molecule has 2 aromatic rings. The van der Waals surface area contributed by atoms with Gasteiger partial charge < -0.3 is 4.98 Å². The molecule has 5 heteroatoms. The Morgan fingerprint density at radius 1 is 1.25 bits per heavy atom. The molecule has 1 N–H and O–H groups in total. The minimum absolute atomic E-state index is 0. The maximum Gasteiger partial charge on any atom is 0.159 e. The molecular weight excluding hydrogens is 249 g/mol. The Kier molecular flexibility index (Phi) is 5.95. The van der Waals surface area contributed by atoms with E-state index in [0.717, 1.165) is 9.47 Å². The van der Waals surface area contributed by atoms with Crippen molar-refractivity contribution in [3.8, 4) is 0 Å². The fourth-order valence-corrected chi connectivity index (χ4v) is 2.01. The van der Waals surface area contributed by atoms with E-state index in [-0.39, 0.29) is 46.6 Å². The van der Waals surface area contributed by atoms with E-state index in [1.807, 2.05) is 18.2 Å². The predicted molar refractivity (Wildman–Crippen MR) is 52.8 cm³/mol. The second-order valence-electron chi connectivity index (χ2n) is 2.01. The molecular formula is C7H5CuNNaS2. The largest absolute Gasteiger partial charge is 0.337 e. The number of aromatic nitrogens is 1. The number of thiazole rings is 1. The van der Waals surface area contributed by atoms with Gasteiger partial charge in [-0.2, -0.15) is 0 Å². The van der Waals surface area contributed by atoms with E-state index >= 15 is 0 Å². The third kappa shape index (κ3) is 2.67. The Hall–Kier alpha value is 0.849. The molecule has 0 spiro atoms. The molecule has 0 unspecified atom stereocenters. The summed E-state index contributed by atoms with van der Waals surface area (Å²) >= 11 is 6.59. The fraction of sp³-hybridized carbons (Fsp3) is 0. The number of benzene rings is 1. The van der Waals surface area contributed by atoms with Gasteiger partial charge in [0.1, 0.15) is 0 Å². The van der Waals surface area contributed by atoms with Gasteiger partial charge in [-0.15, -0.1) is 11.3 Å². The van der Waals surface area contributed by atoms with Crippen LogP contribution in [0.15, 0.2) is 24.3 Å². The number of H-pyrrole nitrogens is 1. The van der Waals surface area contributed by atoms with E-state index in [2.05, 4.69) is 11.1 Å². The van der Waals surface area contributed by atoms with E-state index in [4.69, 9.17) is 12.2 Å². The van der Waals surface area contributed by atoms with Crippen LogP contribution in [-0.2, 0) is 17.1 Å². The molecule has 1 nitrogen and oxygen atoms in total. The molecule has 0 aliphatic carbocycles. The zero-order chi connectivity index (χ0) is 6.97. The van der Waals surface area contributed by atoms with Gasteiger partial charge in [0, 0.05) is 46.6 Å². The number of rotatable bonds is 0. The summed E-state index contributed by atoms with van der Waals surface area (Å²) in [4.78, 5) is 3.09. The van der Waals surface area contributed by atoms with Gasteiger partial charge >= 0.3 is 0 Å². The van der Waals surface area contributed by atoms with E-state index in [1.165, 1.54) is 4.70 Å². The van der Waals surface area contributed by atoms with Crippen molar-refractivity contribution < 1.29 is 17.1 Å². The van der Waals surface area contributed by atoms with Crippen molar-refractivity contribution in [1.82, 2.24) is 4.98 Å². The Balaban J connectivity index is 0.000000605. The summed E-state index contributed by atoms with van der Waals surface area (Å²) < 4.78 is 2.08. The van der Waals surface area contributed by atoms with Crippen LogP contribution in [0, 0.1) is 3.95 Å². The Bertz CT molecular complexity index is 373. The van der Waals surface area contributed by atoms with Crippen LogP contribution in [0.25, 0.3) is 10.2 Å². The van der Waals surface area contributed by atoms with Crippen molar-refractivity contribution in [2.75, 3.05) is 0 Å². The van der Waals surface area contributed by atoms with Gasteiger partial charge in [-0.05, 0) is 24.4 Å². The van der Waals surface area contributed by atoms with Crippen LogP contribution in [0.5, 0.6) is 0 Å². The second kappa shape index (κ2) is 5.55. The third-order valence-electron chi connectivity index (χ3n) is 1.33. The quantitative estimate of drug-likeness (QED) is 0.564. The SMILES string of the molecule is S=c1[nH]c2ccccc2s1.[Cu].[Na]. The maximum absolute atomic E-state index is 4.98. The molecule has 0 saturated heterocycles. The molecule has 12 heavy (non-hydrogen) atoms. The summed E-state index contributed by atoms with van der Waals surface area (Å²) in [5, 5.41) is 0. The third-order valence-corrected chi connectivity index (χ3v) is 2.54. The number of aromatic amines is 1. The number of hydrogen-bond donors (Lipinski definition) is 1. The van der Waals surface area contributed by atoms with Crippen molar-refractivity contribution in [3.63, 3.8) is 0 Å². The molecule has 0 aliphatic rings. The number of fused-ring (bicyclic) bond motifs is 1. The van der Waals surface area contributed by atoms with Gasteiger partial charge in [-0.1, -0.05) is 12.1 Å². The number of nitrogens with one attached hydrogen (secondary N) is 1. The fourth-order valence-electron chi connectivity index (χ4n) is 0.894. The molecule has 1 heterocycles. The molecule has 0 fully saturated rings. The monoisotopic (exact) mass is 253 g/mol. The minimum Gasteiger partial charge on any atom is -0.337 e. The summed E-state index contributed by atoms with van der Waals surface area (Å²) in [5.74, 6) is 0. The molecule has 0 bridgehead atoms. The van der Waals surface area contributed by atoms with E-state index in [1.54, 1.807) is 11.3 Å². The molecule has 2 rings (SSSR count). The second-order valence-corrected chi connectivity index (χ2v) is 3.73.